The Morgan fingerprint density at radius 3 is 2.79 bits per heavy atom. The molecule has 19 heavy (non-hydrogen) atoms. The maximum Gasteiger partial charge on any atom is 0.130 e. The number of hydrogen-bond donors (Lipinski definition) is 1. The first-order valence-corrected chi connectivity index (χ1v) is 6.90. The van der Waals surface area contributed by atoms with Crippen LogP contribution in [0.15, 0.2) is 36.0 Å². The third-order valence-electron chi connectivity index (χ3n) is 2.90. The Kier molecular flexibility index (Phi) is 3.00. The molecule has 0 saturated carbocycles. The molecule has 0 fully saturated rings. The number of aryl methyl sites for hydroxylation is 1. The molecule has 0 unspecified atom stereocenters. The number of halogens is 1. The fourth-order valence-electron chi connectivity index (χ4n) is 1.97. The lowest BCUT2D eigenvalue weighted by molar-refractivity contribution is 0.783. The van der Waals surface area contributed by atoms with E-state index < -0.39 is 0 Å². The van der Waals surface area contributed by atoms with Crippen molar-refractivity contribution in [3.8, 4) is 21.7 Å². The molecule has 0 aliphatic heterocycles. The highest BCUT2D eigenvalue weighted by molar-refractivity contribution is 7.13. The molecular weight excluding hydrogens is 280 g/mol. The number of nitrogens with two attached hydrogens (primary N) is 1. The number of nitrogens with zero attached hydrogens (tertiary/aromatic N) is 3. The summed E-state index contributed by atoms with van der Waals surface area (Å²) in [6.07, 6.45) is 1.78. The first kappa shape index (κ1) is 12.2. The number of hydrogen-bond acceptors (Lipinski definition) is 4. The number of rotatable bonds is 2. The van der Waals surface area contributed by atoms with Crippen LogP contribution >= 0.6 is 22.9 Å². The quantitative estimate of drug-likeness (QED) is 0.786. The number of thiazole rings is 1. The Balaban J connectivity index is 2.29. The predicted molar refractivity (Wildman–Crippen MR) is 79.2 cm³/mol. The average molecular weight is 291 g/mol. The summed E-state index contributed by atoms with van der Waals surface area (Å²) >= 11 is 7.80. The molecule has 6 heteroatoms. The lowest BCUT2D eigenvalue weighted by Gasteiger charge is -2.05. The summed E-state index contributed by atoms with van der Waals surface area (Å²) in [5.74, 6) is 0.594. The van der Waals surface area contributed by atoms with Gasteiger partial charge in [-0.1, -0.05) is 29.8 Å². The summed E-state index contributed by atoms with van der Waals surface area (Å²) in [6, 6.07) is 7.62. The molecule has 0 bridgehead atoms. The normalized spacial score (nSPS) is 10.8. The van der Waals surface area contributed by atoms with Gasteiger partial charge in [0.2, 0.25) is 0 Å². The van der Waals surface area contributed by atoms with Gasteiger partial charge in [0, 0.05) is 23.8 Å². The Morgan fingerprint density at radius 1 is 1.32 bits per heavy atom. The van der Waals surface area contributed by atoms with Crippen LogP contribution in [-0.4, -0.2) is 14.8 Å². The molecule has 2 aromatic heterocycles. The van der Waals surface area contributed by atoms with Gasteiger partial charge in [0.15, 0.2) is 0 Å². The highest BCUT2D eigenvalue weighted by Gasteiger charge is 2.19. The molecule has 4 nitrogen and oxygen atoms in total. The first-order chi connectivity index (χ1) is 9.18. The fraction of sp³-hybridized carbons (Fsp3) is 0.0769. The van der Waals surface area contributed by atoms with E-state index >= 15 is 0 Å². The smallest absolute Gasteiger partial charge is 0.130 e. The minimum atomic E-state index is 0.594. The largest absolute Gasteiger partial charge is 0.383 e. The van der Waals surface area contributed by atoms with Crippen LogP contribution in [-0.2, 0) is 7.05 Å². The van der Waals surface area contributed by atoms with E-state index in [0.29, 0.717) is 10.8 Å². The van der Waals surface area contributed by atoms with Gasteiger partial charge in [0.05, 0.1) is 16.0 Å². The molecule has 2 heterocycles. The monoisotopic (exact) mass is 290 g/mol. The van der Waals surface area contributed by atoms with Crippen LogP contribution in [0.5, 0.6) is 0 Å². The average Bonchev–Trinajstić information content (AvgIpc) is 3.01. The topological polar surface area (TPSA) is 56.7 Å². The molecule has 0 spiro atoms. The third kappa shape index (κ3) is 2.01. The van der Waals surface area contributed by atoms with Crippen LogP contribution in [0.25, 0.3) is 21.7 Å². The van der Waals surface area contributed by atoms with E-state index in [4.69, 9.17) is 17.3 Å². The summed E-state index contributed by atoms with van der Waals surface area (Å²) in [5, 5.41) is 5.13. The summed E-state index contributed by atoms with van der Waals surface area (Å²) in [4.78, 5) is 5.06. The van der Waals surface area contributed by atoms with E-state index in [1.54, 1.807) is 16.4 Å². The number of benzene rings is 1. The van der Waals surface area contributed by atoms with E-state index in [1.807, 2.05) is 31.3 Å². The molecule has 2 N–H and O–H groups in total. The summed E-state index contributed by atoms with van der Waals surface area (Å²) in [6.45, 7) is 0. The Hall–Kier alpha value is -1.85. The van der Waals surface area contributed by atoms with Gasteiger partial charge in [-0.25, -0.2) is 0 Å². The zero-order chi connectivity index (χ0) is 13.4. The lowest BCUT2D eigenvalue weighted by Crippen LogP contribution is -1.98. The van der Waals surface area contributed by atoms with Gasteiger partial charge >= 0.3 is 0 Å². The van der Waals surface area contributed by atoms with Crippen molar-refractivity contribution < 1.29 is 0 Å². The van der Waals surface area contributed by atoms with Crippen molar-refractivity contribution in [3.63, 3.8) is 0 Å². The minimum absolute atomic E-state index is 0.594. The molecule has 0 aliphatic carbocycles. The van der Waals surface area contributed by atoms with Crippen LogP contribution in [0.4, 0.5) is 5.82 Å². The Bertz CT molecular complexity index is 718. The summed E-state index contributed by atoms with van der Waals surface area (Å²) in [7, 11) is 1.82. The molecule has 0 radical (unpaired) electrons. The number of aromatic nitrogens is 3. The van der Waals surface area contributed by atoms with E-state index in [1.165, 1.54) is 11.3 Å². The lowest BCUT2D eigenvalue weighted by atomic mass is 10.0. The van der Waals surface area contributed by atoms with Crippen LogP contribution in [0.2, 0.25) is 5.02 Å². The fourth-order valence-corrected chi connectivity index (χ4v) is 2.81. The van der Waals surface area contributed by atoms with Crippen LogP contribution in [0, 0.1) is 0 Å². The van der Waals surface area contributed by atoms with Gasteiger partial charge in [-0.05, 0) is 6.07 Å². The Labute approximate surface area is 119 Å². The second-order valence-corrected chi connectivity index (χ2v) is 5.37. The summed E-state index contributed by atoms with van der Waals surface area (Å²) in [5.41, 5.74) is 10.5. The van der Waals surface area contributed by atoms with Gasteiger partial charge in [-0.15, -0.1) is 11.3 Å². The van der Waals surface area contributed by atoms with Crippen LogP contribution < -0.4 is 5.73 Å². The third-order valence-corrected chi connectivity index (χ3v) is 4.01. The predicted octanol–water partition coefficient (Wildman–Crippen LogP) is 3.45. The standard InChI is InChI=1S/C13H11ClN4S/c1-18-13(15)11(8-4-2-3-5-9(8)14)12(17-18)10-6-16-7-19-10/h2-7H,15H2,1H3. The SMILES string of the molecule is Cn1nc(-c2cncs2)c(-c2ccccc2Cl)c1N. The van der Waals surface area contributed by atoms with Crippen molar-refractivity contribution in [2.45, 2.75) is 0 Å². The zero-order valence-electron chi connectivity index (χ0n) is 10.2. The zero-order valence-corrected chi connectivity index (χ0v) is 11.7. The van der Waals surface area contributed by atoms with Crippen molar-refractivity contribution in [3.05, 3.63) is 41.0 Å². The van der Waals surface area contributed by atoms with E-state index in [2.05, 4.69) is 10.1 Å². The minimum Gasteiger partial charge on any atom is -0.383 e. The molecule has 96 valence electrons. The summed E-state index contributed by atoms with van der Waals surface area (Å²) < 4.78 is 1.66. The van der Waals surface area contributed by atoms with Gasteiger partial charge in [0.25, 0.3) is 0 Å². The molecule has 3 rings (SSSR count). The van der Waals surface area contributed by atoms with Crippen LogP contribution in [0.1, 0.15) is 0 Å². The molecule has 0 saturated heterocycles. The first-order valence-electron chi connectivity index (χ1n) is 5.64. The van der Waals surface area contributed by atoms with Gasteiger partial charge in [-0.2, -0.15) is 5.10 Å². The second-order valence-electron chi connectivity index (χ2n) is 4.08. The molecule has 3 aromatic rings. The molecule has 0 amide bonds. The number of anilines is 1. The van der Waals surface area contributed by atoms with Crippen LogP contribution in [0.3, 0.4) is 0 Å². The van der Waals surface area contributed by atoms with Gasteiger partial charge in [0.1, 0.15) is 11.5 Å². The van der Waals surface area contributed by atoms with E-state index in [0.717, 1.165) is 21.7 Å². The maximum absolute atomic E-state index is 6.27. The van der Waals surface area contributed by atoms with E-state index in [9.17, 15) is 0 Å². The second kappa shape index (κ2) is 4.68. The van der Waals surface area contributed by atoms with Gasteiger partial charge < -0.3 is 5.73 Å². The van der Waals surface area contributed by atoms with Crippen molar-refractivity contribution >= 4 is 28.8 Å². The highest BCUT2D eigenvalue weighted by atomic mass is 35.5. The van der Waals surface area contributed by atoms with Crippen molar-refractivity contribution in [1.29, 1.82) is 0 Å². The van der Waals surface area contributed by atoms with Crippen molar-refractivity contribution in [2.75, 3.05) is 5.73 Å². The molecular formula is C13H11ClN4S. The molecule has 1 aromatic carbocycles. The van der Waals surface area contributed by atoms with Gasteiger partial charge in [-0.3, -0.25) is 9.67 Å². The highest BCUT2D eigenvalue weighted by Crippen LogP contribution is 2.40. The maximum atomic E-state index is 6.27. The number of nitrogen functional groups attached to an aromatic ring is 1. The van der Waals surface area contributed by atoms with Crippen molar-refractivity contribution in [2.24, 2.45) is 7.05 Å². The van der Waals surface area contributed by atoms with Crippen molar-refractivity contribution in [1.82, 2.24) is 14.8 Å². The molecule has 0 aliphatic rings. The van der Waals surface area contributed by atoms with E-state index in [-0.39, 0.29) is 0 Å². The molecule has 0 atom stereocenters. The Morgan fingerprint density at radius 2 is 2.11 bits per heavy atom.